The monoisotopic (exact) mass is 204 g/mol. The molecule has 2 atom stereocenters. The van der Waals surface area contributed by atoms with E-state index in [1.165, 1.54) is 11.3 Å². The summed E-state index contributed by atoms with van der Waals surface area (Å²) < 4.78 is 5.68. The fourth-order valence-corrected chi connectivity index (χ4v) is 3.16. The number of thioether (sulfide) groups is 1. The smallest absolute Gasteiger partial charge is 0.122 e. The quantitative estimate of drug-likeness (QED) is 0.695. The molecule has 0 fully saturated rings. The topological polar surface area (TPSA) is 9.23 Å². The highest BCUT2D eigenvalue weighted by Crippen LogP contribution is 2.41. The molecule has 2 aliphatic heterocycles. The summed E-state index contributed by atoms with van der Waals surface area (Å²) in [4.78, 5) is 0. The van der Waals surface area contributed by atoms with Gasteiger partial charge in [0.05, 0.1) is 6.61 Å². The Labute approximate surface area is 88.2 Å². The Hall–Kier alpha value is -0.890. The van der Waals surface area contributed by atoms with Gasteiger partial charge in [-0.1, -0.05) is 24.3 Å². The molecule has 2 aliphatic rings. The summed E-state index contributed by atoms with van der Waals surface area (Å²) in [6.45, 7) is 0.856. The van der Waals surface area contributed by atoms with Crippen molar-refractivity contribution in [3.8, 4) is 5.75 Å². The Morgan fingerprint density at radius 3 is 3.07 bits per heavy atom. The second-order valence-corrected chi connectivity index (χ2v) is 4.72. The maximum atomic E-state index is 5.68. The number of hydrogen-bond donors (Lipinski definition) is 0. The van der Waals surface area contributed by atoms with E-state index in [4.69, 9.17) is 4.74 Å². The average molecular weight is 204 g/mol. The molecule has 72 valence electrons. The minimum Gasteiger partial charge on any atom is -0.493 e. The van der Waals surface area contributed by atoms with Gasteiger partial charge in [-0.05, 0) is 17.4 Å². The molecular weight excluding hydrogens is 192 g/mol. The Kier molecular flexibility index (Phi) is 2.02. The van der Waals surface area contributed by atoms with Crippen molar-refractivity contribution in [1.29, 1.82) is 0 Å². The van der Waals surface area contributed by atoms with Crippen LogP contribution in [-0.4, -0.2) is 12.4 Å². The molecule has 0 spiro atoms. The van der Waals surface area contributed by atoms with Crippen molar-refractivity contribution >= 4 is 11.8 Å². The van der Waals surface area contributed by atoms with E-state index >= 15 is 0 Å². The van der Waals surface area contributed by atoms with Crippen molar-refractivity contribution in [2.75, 3.05) is 12.4 Å². The summed E-state index contributed by atoms with van der Waals surface area (Å²) in [5, 5.41) is 2.21. The van der Waals surface area contributed by atoms with E-state index in [0.29, 0.717) is 11.8 Å². The third kappa shape index (κ3) is 1.25. The van der Waals surface area contributed by atoms with E-state index in [0.717, 1.165) is 12.4 Å². The van der Waals surface area contributed by atoms with Crippen LogP contribution in [0.2, 0.25) is 0 Å². The van der Waals surface area contributed by atoms with Crippen LogP contribution in [0.25, 0.3) is 0 Å². The summed E-state index contributed by atoms with van der Waals surface area (Å²) in [7, 11) is 0. The number of para-hydroxylation sites is 1. The molecule has 1 aromatic carbocycles. The van der Waals surface area contributed by atoms with Crippen LogP contribution in [0.1, 0.15) is 11.5 Å². The first-order chi connectivity index (χ1) is 6.95. The SMILES string of the molecule is C1=CC(C2COc3ccccc32)CS1. The molecule has 3 rings (SSSR count). The van der Waals surface area contributed by atoms with Crippen LogP contribution in [0.4, 0.5) is 0 Å². The van der Waals surface area contributed by atoms with Gasteiger partial charge in [0, 0.05) is 17.2 Å². The molecule has 0 aromatic heterocycles. The molecule has 0 N–H and O–H groups in total. The first-order valence-electron chi connectivity index (χ1n) is 4.95. The zero-order valence-electron chi connectivity index (χ0n) is 7.85. The lowest BCUT2D eigenvalue weighted by molar-refractivity contribution is 0.314. The van der Waals surface area contributed by atoms with Crippen molar-refractivity contribution < 1.29 is 4.74 Å². The zero-order valence-corrected chi connectivity index (χ0v) is 8.67. The first kappa shape index (κ1) is 8.42. The lowest BCUT2D eigenvalue weighted by Gasteiger charge is -2.14. The molecule has 0 saturated carbocycles. The largest absolute Gasteiger partial charge is 0.493 e. The number of fused-ring (bicyclic) bond motifs is 1. The number of hydrogen-bond acceptors (Lipinski definition) is 2. The fourth-order valence-electron chi connectivity index (χ4n) is 2.17. The van der Waals surface area contributed by atoms with Gasteiger partial charge in [0.1, 0.15) is 5.75 Å². The molecule has 0 bridgehead atoms. The molecule has 2 unspecified atom stereocenters. The van der Waals surface area contributed by atoms with Gasteiger partial charge in [-0.15, -0.1) is 11.8 Å². The second kappa shape index (κ2) is 3.35. The second-order valence-electron chi connectivity index (χ2n) is 3.78. The highest BCUT2D eigenvalue weighted by molar-refractivity contribution is 8.02. The number of rotatable bonds is 1. The van der Waals surface area contributed by atoms with E-state index in [2.05, 4.69) is 29.7 Å². The fraction of sp³-hybridized carbons (Fsp3) is 0.333. The van der Waals surface area contributed by atoms with Crippen molar-refractivity contribution in [2.24, 2.45) is 5.92 Å². The highest BCUT2D eigenvalue weighted by atomic mass is 32.2. The van der Waals surface area contributed by atoms with Crippen molar-refractivity contribution in [3.05, 3.63) is 41.3 Å². The summed E-state index contributed by atoms with van der Waals surface area (Å²) in [5.41, 5.74) is 1.39. The van der Waals surface area contributed by atoms with Gasteiger partial charge in [0.25, 0.3) is 0 Å². The Balaban J connectivity index is 1.93. The van der Waals surface area contributed by atoms with E-state index in [1.54, 1.807) is 0 Å². The number of allylic oxidation sites excluding steroid dienone is 1. The molecule has 14 heavy (non-hydrogen) atoms. The molecular formula is C12H12OS. The summed E-state index contributed by atoms with van der Waals surface area (Å²) >= 11 is 1.91. The summed E-state index contributed by atoms with van der Waals surface area (Å²) in [6, 6.07) is 8.41. The van der Waals surface area contributed by atoms with E-state index in [9.17, 15) is 0 Å². The van der Waals surface area contributed by atoms with Gasteiger partial charge in [-0.3, -0.25) is 0 Å². The number of ether oxygens (including phenoxy) is 1. The molecule has 1 nitrogen and oxygen atoms in total. The van der Waals surface area contributed by atoms with Crippen LogP contribution in [0.3, 0.4) is 0 Å². The molecule has 0 aliphatic carbocycles. The molecule has 0 radical (unpaired) electrons. The third-order valence-electron chi connectivity index (χ3n) is 2.96. The summed E-state index contributed by atoms with van der Waals surface area (Å²) in [5.74, 6) is 3.55. The van der Waals surface area contributed by atoms with Gasteiger partial charge in [-0.2, -0.15) is 0 Å². The zero-order chi connectivity index (χ0) is 9.38. The van der Waals surface area contributed by atoms with Crippen molar-refractivity contribution in [2.45, 2.75) is 5.92 Å². The van der Waals surface area contributed by atoms with Crippen LogP contribution in [0.5, 0.6) is 5.75 Å². The molecule has 0 amide bonds. The Bertz CT molecular complexity index is 372. The third-order valence-corrected chi connectivity index (χ3v) is 3.89. The summed E-state index contributed by atoms with van der Waals surface area (Å²) in [6.07, 6.45) is 2.32. The predicted molar refractivity (Wildman–Crippen MR) is 59.8 cm³/mol. The standard InChI is InChI=1S/C12H12OS/c1-2-4-12-10(3-1)11(7-13-12)9-5-6-14-8-9/h1-6,9,11H,7-8H2. The van der Waals surface area contributed by atoms with Gasteiger partial charge in [0.2, 0.25) is 0 Å². The molecule has 0 saturated heterocycles. The van der Waals surface area contributed by atoms with Crippen LogP contribution < -0.4 is 4.74 Å². The first-order valence-corrected chi connectivity index (χ1v) is 6.00. The van der Waals surface area contributed by atoms with Crippen LogP contribution in [0.15, 0.2) is 35.7 Å². The Morgan fingerprint density at radius 2 is 2.21 bits per heavy atom. The van der Waals surface area contributed by atoms with Gasteiger partial charge in [0.15, 0.2) is 0 Å². The molecule has 2 heteroatoms. The van der Waals surface area contributed by atoms with Gasteiger partial charge < -0.3 is 4.74 Å². The van der Waals surface area contributed by atoms with Crippen LogP contribution in [-0.2, 0) is 0 Å². The number of benzene rings is 1. The maximum Gasteiger partial charge on any atom is 0.122 e. The van der Waals surface area contributed by atoms with Crippen molar-refractivity contribution in [1.82, 2.24) is 0 Å². The highest BCUT2D eigenvalue weighted by Gasteiger charge is 2.30. The van der Waals surface area contributed by atoms with Crippen LogP contribution >= 0.6 is 11.8 Å². The average Bonchev–Trinajstić information content (AvgIpc) is 2.85. The lowest BCUT2D eigenvalue weighted by Crippen LogP contribution is -2.12. The Morgan fingerprint density at radius 1 is 1.29 bits per heavy atom. The minimum atomic E-state index is 0.581. The van der Waals surface area contributed by atoms with Crippen LogP contribution in [0, 0.1) is 5.92 Å². The minimum absolute atomic E-state index is 0.581. The van der Waals surface area contributed by atoms with E-state index in [1.807, 2.05) is 17.8 Å². The van der Waals surface area contributed by atoms with Gasteiger partial charge in [-0.25, -0.2) is 0 Å². The van der Waals surface area contributed by atoms with Crippen molar-refractivity contribution in [3.63, 3.8) is 0 Å². The van der Waals surface area contributed by atoms with Gasteiger partial charge >= 0.3 is 0 Å². The maximum absolute atomic E-state index is 5.68. The van der Waals surface area contributed by atoms with E-state index in [-0.39, 0.29) is 0 Å². The molecule has 1 aromatic rings. The predicted octanol–water partition coefficient (Wildman–Crippen LogP) is 3.04. The lowest BCUT2D eigenvalue weighted by atomic mass is 9.89. The molecule has 2 heterocycles. The normalized spacial score (nSPS) is 28.9. The van der Waals surface area contributed by atoms with E-state index < -0.39 is 0 Å².